The quantitative estimate of drug-likeness (QED) is 0.766. The molecule has 32 heavy (non-hydrogen) atoms. The van der Waals surface area contributed by atoms with Crippen LogP contribution in [-0.2, 0) is 12.8 Å². The number of pyridine rings is 1. The third kappa shape index (κ3) is 3.65. The van der Waals surface area contributed by atoms with Crippen molar-refractivity contribution in [2.45, 2.75) is 51.0 Å². The average molecular weight is 456 g/mol. The number of hydrogen-bond acceptors (Lipinski definition) is 5. The van der Waals surface area contributed by atoms with E-state index in [-0.39, 0.29) is 11.4 Å². The van der Waals surface area contributed by atoms with E-state index in [2.05, 4.69) is 20.9 Å². The standard InChI is InChI=1S/C24H27ClFN5O/c25-16-12-19(26)22(27-14-16)31-9-7-30(8-10-31)17-2-1-15(11-17)21-28-20-3-4-24(5-6-24)13-18(20)23(32)29-21/h11-12,14,17H,1-10,13H2,(H,28,29,32)/t17-/m1/s1. The number of rotatable bonds is 3. The lowest BCUT2D eigenvalue weighted by Crippen LogP contribution is -2.50. The van der Waals surface area contributed by atoms with Gasteiger partial charge in [0.25, 0.3) is 5.56 Å². The zero-order chi connectivity index (χ0) is 21.9. The van der Waals surface area contributed by atoms with Crippen LogP contribution in [0.25, 0.3) is 5.57 Å². The summed E-state index contributed by atoms with van der Waals surface area (Å²) in [6.07, 6.45) is 11.2. The summed E-state index contributed by atoms with van der Waals surface area (Å²) in [5.74, 6) is 0.763. The Morgan fingerprint density at radius 3 is 2.72 bits per heavy atom. The van der Waals surface area contributed by atoms with Crippen LogP contribution in [0.3, 0.4) is 0 Å². The lowest BCUT2D eigenvalue weighted by Gasteiger charge is -2.38. The van der Waals surface area contributed by atoms with Crippen molar-refractivity contribution in [3.8, 4) is 0 Å². The highest BCUT2D eigenvalue weighted by Gasteiger charge is 2.45. The molecule has 0 bridgehead atoms. The summed E-state index contributed by atoms with van der Waals surface area (Å²) < 4.78 is 14.2. The van der Waals surface area contributed by atoms with E-state index in [1.807, 2.05) is 4.90 Å². The molecule has 0 aromatic carbocycles. The summed E-state index contributed by atoms with van der Waals surface area (Å²) in [5.41, 5.74) is 3.55. The van der Waals surface area contributed by atoms with E-state index in [0.717, 1.165) is 74.5 Å². The highest BCUT2D eigenvalue weighted by molar-refractivity contribution is 6.30. The first-order valence-electron chi connectivity index (χ1n) is 11.6. The van der Waals surface area contributed by atoms with Crippen LogP contribution in [0.1, 0.15) is 49.2 Å². The lowest BCUT2D eigenvalue weighted by molar-refractivity contribution is 0.213. The van der Waals surface area contributed by atoms with Crippen molar-refractivity contribution in [1.29, 1.82) is 0 Å². The van der Waals surface area contributed by atoms with Crippen molar-refractivity contribution < 1.29 is 4.39 Å². The van der Waals surface area contributed by atoms with Crippen molar-refractivity contribution in [2.75, 3.05) is 31.1 Å². The summed E-state index contributed by atoms with van der Waals surface area (Å²) in [5, 5.41) is 0.314. The van der Waals surface area contributed by atoms with Crippen LogP contribution in [0.15, 0.2) is 23.1 Å². The molecular formula is C24H27ClFN5O. The second-order valence-corrected chi connectivity index (χ2v) is 10.2. The smallest absolute Gasteiger partial charge is 0.254 e. The zero-order valence-electron chi connectivity index (χ0n) is 18.0. The maximum Gasteiger partial charge on any atom is 0.254 e. The number of anilines is 1. The van der Waals surface area contributed by atoms with Crippen molar-refractivity contribution >= 4 is 23.0 Å². The van der Waals surface area contributed by atoms with Gasteiger partial charge >= 0.3 is 0 Å². The SMILES string of the molecule is O=c1[nH]c(C2=C[C@H](N3CCN(c4ncc(Cl)cc4F)CC3)CC2)nc2c1CC1(CC2)CC1. The van der Waals surface area contributed by atoms with E-state index in [9.17, 15) is 9.18 Å². The minimum Gasteiger partial charge on any atom is -0.352 e. The summed E-state index contributed by atoms with van der Waals surface area (Å²) in [7, 11) is 0. The largest absolute Gasteiger partial charge is 0.352 e. The zero-order valence-corrected chi connectivity index (χ0v) is 18.8. The molecule has 1 spiro atoms. The minimum atomic E-state index is -0.371. The van der Waals surface area contributed by atoms with Gasteiger partial charge in [-0.3, -0.25) is 9.69 Å². The molecule has 1 atom stereocenters. The van der Waals surface area contributed by atoms with Gasteiger partial charge in [0.15, 0.2) is 11.6 Å². The van der Waals surface area contributed by atoms with E-state index in [4.69, 9.17) is 16.6 Å². The van der Waals surface area contributed by atoms with Gasteiger partial charge in [0.1, 0.15) is 5.82 Å². The van der Waals surface area contributed by atoms with Crippen LogP contribution in [0, 0.1) is 11.2 Å². The molecule has 3 heterocycles. The molecule has 3 aliphatic carbocycles. The Balaban J connectivity index is 1.14. The fourth-order valence-electron chi connectivity index (χ4n) is 5.63. The Kier molecular flexibility index (Phi) is 4.88. The number of fused-ring (bicyclic) bond motifs is 1. The molecule has 2 aromatic rings. The van der Waals surface area contributed by atoms with Crippen molar-refractivity contribution in [1.82, 2.24) is 19.9 Å². The van der Waals surface area contributed by atoms with Crippen LogP contribution in [0.2, 0.25) is 5.02 Å². The molecular weight excluding hydrogens is 429 g/mol. The lowest BCUT2D eigenvalue weighted by atomic mass is 9.84. The molecule has 1 N–H and O–H groups in total. The predicted octanol–water partition coefficient (Wildman–Crippen LogP) is 3.59. The van der Waals surface area contributed by atoms with Gasteiger partial charge in [-0.05, 0) is 62.0 Å². The second-order valence-electron chi connectivity index (χ2n) is 9.80. The number of aromatic amines is 1. The molecule has 4 aliphatic rings. The molecule has 2 fully saturated rings. The summed E-state index contributed by atoms with van der Waals surface area (Å²) in [6, 6.07) is 1.64. The second kappa shape index (κ2) is 7.66. The van der Waals surface area contributed by atoms with Crippen LogP contribution >= 0.6 is 11.6 Å². The molecule has 0 radical (unpaired) electrons. The Labute approximate surface area is 191 Å². The average Bonchev–Trinajstić information content (AvgIpc) is 3.35. The maximum atomic E-state index is 14.2. The van der Waals surface area contributed by atoms with Crippen LogP contribution in [-0.4, -0.2) is 52.1 Å². The van der Waals surface area contributed by atoms with Crippen LogP contribution < -0.4 is 10.5 Å². The highest BCUT2D eigenvalue weighted by Crippen LogP contribution is 2.53. The van der Waals surface area contributed by atoms with Gasteiger partial charge in [-0.1, -0.05) is 17.7 Å². The summed E-state index contributed by atoms with van der Waals surface area (Å²) in [4.78, 5) is 29.3. The molecule has 0 amide bonds. The molecule has 8 heteroatoms. The summed E-state index contributed by atoms with van der Waals surface area (Å²) in [6.45, 7) is 3.13. The van der Waals surface area contributed by atoms with Crippen molar-refractivity contribution in [2.24, 2.45) is 5.41 Å². The fourth-order valence-corrected chi connectivity index (χ4v) is 5.77. The van der Waals surface area contributed by atoms with Crippen molar-refractivity contribution in [3.63, 3.8) is 0 Å². The number of nitrogens with one attached hydrogen (secondary N) is 1. The molecule has 6 nitrogen and oxygen atoms in total. The van der Waals surface area contributed by atoms with E-state index in [0.29, 0.717) is 22.3 Å². The Morgan fingerprint density at radius 1 is 1.16 bits per heavy atom. The topological polar surface area (TPSA) is 65.1 Å². The third-order valence-electron chi connectivity index (χ3n) is 7.78. The number of aryl methyl sites for hydroxylation is 1. The third-order valence-corrected chi connectivity index (χ3v) is 7.99. The number of H-pyrrole nitrogens is 1. The van der Waals surface area contributed by atoms with Gasteiger partial charge in [-0.25, -0.2) is 14.4 Å². The van der Waals surface area contributed by atoms with E-state index >= 15 is 0 Å². The maximum absolute atomic E-state index is 14.2. The first-order chi connectivity index (χ1) is 15.5. The fraction of sp³-hybridized carbons (Fsp3) is 0.542. The number of hydrogen-bond donors (Lipinski definition) is 1. The monoisotopic (exact) mass is 455 g/mol. The van der Waals surface area contributed by atoms with Crippen LogP contribution in [0.5, 0.6) is 0 Å². The minimum absolute atomic E-state index is 0.0615. The molecule has 168 valence electrons. The molecule has 1 saturated heterocycles. The van der Waals surface area contributed by atoms with Gasteiger partial charge in [0, 0.05) is 44.0 Å². The van der Waals surface area contributed by atoms with E-state index in [1.165, 1.54) is 31.5 Å². The van der Waals surface area contributed by atoms with E-state index in [1.54, 1.807) is 0 Å². The highest BCUT2D eigenvalue weighted by atomic mass is 35.5. The molecule has 2 aromatic heterocycles. The molecule has 1 saturated carbocycles. The molecule has 0 unspecified atom stereocenters. The molecule has 1 aliphatic heterocycles. The van der Waals surface area contributed by atoms with Gasteiger partial charge in [0.05, 0.1) is 10.7 Å². The van der Waals surface area contributed by atoms with Gasteiger partial charge in [-0.15, -0.1) is 0 Å². The normalized spacial score (nSPS) is 24.5. The predicted molar refractivity (Wildman–Crippen MR) is 123 cm³/mol. The summed E-state index contributed by atoms with van der Waals surface area (Å²) >= 11 is 5.83. The number of aromatic nitrogens is 3. The van der Waals surface area contributed by atoms with Gasteiger partial charge in [-0.2, -0.15) is 0 Å². The van der Waals surface area contributed by atoms with E-state index < -0.39 is 0 Å². The number of halogens is 2. The Bertz CT molecular complexity index is 1150. The first-order valence-corrected chi connectivity index (χ1v) is 12.0. The van der Waals surface area contributed by atoms with Gasteiger partial charge < -0.3 is 9.88 Å². The molecule has 6 rings (SSSR count). The number of nitrogens with zero attached hydrogens (tertiary/aromatic N) is 4. The number of piperazine rings is 1. The van der Waals surface area contributed by atoms with Crippen molar-refractivity contribution in [3.05, 3.63) is 56.6 Å². The number of allylic oxidation sites excluding steroid dienone is 1. The van der Waals surface area contributed by atoms with Crippen LogP contribution in [0.4, 0.5) is 10.2 Å². The Morgan fingerprint density at radius 2 is 1.97 bits per heavy atom. The Hall–Kier alpha value is -2.25. The first kappa shape index (κ1) is 20.4. The van der Waals surface area contributed by atoms with Gasteiger partial charge in [0.2, 0.25) is 0 Å².